The van der Waals surface area contributed by atoms with Crippen molar-refractivity contribution in [1.29, 1.82) is 0 Å². The van der Waals surface area contributed by atoms with Crippen molar-refractivity contribution in [2.45, 2.75) is 11.5 Å². The maximum atomic E-state index is 12.5. The molecule has 0 aliphatic carbocycles. The number of carbonyl (C=O) groups is 1. The van der Waals surface area contributed by atoms with Gasteiger partial charge in [0, 0.05) is 5.56 Å². The van der Waals surface area contributed by atoms with E-state index in [2.05, 4.69) is 26.3 Å². The summed E-state index contributed by atoms with van der Waals surface area (Å²) in [6, 6.07) is 12.3. The molecule has 0 atom stereocenters. The first-order valence-electron chi connectivity index (χ1n) is 7.36. The highest BCUT2D eigenvalue weighted by Gasteiger charge is 2.33. The second-order valence-corrected chi connectivity index (χ2v) is 8.46. The van der Waals surface area contributed by atoms with Crippen LogP contribution in [0.1, 0.15) is 21.8 Å². The number of hydrogen-bond donors (Lipinski definition) is 1. The van der Waals surface area contributed by atoms with Gasteiger partial charge in [-0.05, 0) is 40.2 Å². The van der Waals surface area contributed by atoms with Gasteiger partial charge in [-0.15, -0.1) is 0 Å². The lowest BCUT2D eigenvalue weighted by molar-refractivity contribution is 0.0994. The van der Waals surface area contributed by atoms with E-state index in [9.17, 15) is 13.2 Å². The Labute approximate surface area is 151 Å². The molecule has 4 rings (SSSR count). The molecule has 1 aliphatic heterocycles. The molecule has 9 heteroatoms. The zero-order chi connectivity index (χ0) is 17.6. The van der Waals surface area contributed by atoms with Crippen LogP contribution in [0, 0.1) is 0 Å². The molecule has 0 unspecified atom stereocenters. The zero-order valence-electron chi connectivity index (χ0n) is 12.8. The number of rotatable bonds is 3. The Balaban J connectivity index is 1.78. The van der Waals surface area contributed by atoms with Gasteiger partial charge in [0.1, 0.15) is 5.82 Å². The first kappa shape index (κ1) is 16.1. The topological polar surface area (TPSA) is 94.2 Å². The van der Waals surface area contributed by atoms with Crippen molar-refractivity contribution >= 4 is 37.5 Å². The third-order valence-electron chi connectivity index (χ3n) is 3.82. The smallest absolute Gasteiger partial charge is 0.292 e. The van der Waals surface area contributed by atoms with Crippen molar-refractivity contribution in [3.05, 3.63) is 64.2 Å². The summed E-state index contributed by atoms with van der Waals surface area (Å²) in [4.78, 5) is 12.5. The molecule has 3 aromatic rings. The minimum Gasteiger partial charge on any atom is -0.444 e. The summed E-state index contributed by atoms with van der Waals surface area (Å²) in [5.74, 6) is -0.291. The zero-order valence-corrected chi connectivity index (χ0v) is 15.2. The monoisotopic (exact) mass is 421 g/mol. The number of benzene rings is 1. The maximum absolute atomic E-state index is 12.5. The molecule has 0 fully saturated rings. The van der Waals surface area contributed by atoms with Gasteiger partial charge in [0.25, 0.3) is 5.91 Å². The molecule has 128 valence electrons. The highest BCUT2D eigenvalue weighted by molar-refractivity contribution is 9.10. The van der Waals surface area contributed by atoms with Gasteiger partial charge in [-0.3, -0.25) is 4.79 Å². The highest BCUT2D eigenvalue weighted by Crippen LogP contribution is 2.33. The molecule has 7 nitrogen and oxygen atoms in total. The predicted octanol–water partition coefficient (Wildman–Crippen LogP) is 2.91. The molecule has 0 radical (unpaired) electrons. The van der Waals surface area contributed by atoms with Gasteiger partial charge < -0.3 is 9.73 Å². The van der Waals surface area contributed by atoms with Crippen LogP contribution in [0.25, 0.3) is 5.69 Å². The lowest BCUT2D eigenvalue weighted by Crippen LogP contribution is -2.16. The Morgan fingerprint density at radius 2 is 1.92 bits per heavy atom. The molecule has 0 spiro atoms. The quantitative estimate of drug-likeness (QED) is 0.701. The Kier molecular flexibility index (Phi) is 3.77. The summed E-state index contributed by atoms with van der Waals surface area (Å²) in [5.41, 5.74) is 1.70. The summed E-state index contributed by atoms with van der Waals surface area (Å²) in [7, 11) is -3.24. The molecule has 0 bridgehead atoms. The molecule has 25 heavy (non-hydrogen) atoms. The SMILES string of the molecule is O=C(Nc1c2c(nn1-c1ccccc1)CS(=O)(=O)C2)c1ccc(Br)o1. The Morgan fingerprint density at radius 1 is 1.16 bits per heavy atom. The number of para-hydroxylation sites is 1. The van der Waals surface area contributed by atoms with E-state index < -0.39 is 15.7 Å². The Bertz CT molecular complexity index is 1070. The summed E-state index contributed by atoms with van der Waals surface area (Å²) in [5, 5.41) is 7.13. The van der Waals surface area contributed by atoms with Crippen LogP contribution < -0.4 is 5.32 Å². The molecular weight excluding hydrogens is 410 g/mol. The number of hydrogen-bond acceptors (Lipinski definition) is 5. The van der Waals surface area contributed by atoms with E-state index in [-0.39, 0.29) is 17.3 Å². The number of anilines is 1. The van der Waals surface area contributed by atoms with E-state index in [4.69, 9.17) is 4.42 Å². The standard InChI is InChI=1S/C16H12BrN3O4S/c17-14-7-6-13(24-14)16(21)18-15-11-8-25(22,23)9-12(11)19-20(15)10-4-2-1-3-5-10/h1-7H,8-9H2,(H,18,21). The largest absolute Gasteiger partial charge is 0.444 e. The number of halogens is 1. The second kappa shape index (κ2) is 5.85. The Hall–Kier alpha value is -2.39. The number of fused-ring (bicyclic) bond motifs is 1. The van der Waals surface area contributed by atoms with Crippen LogP contribution in [0.5, 0.6) is 0 Å². The number of nitrogens with zero attached hydrogens (tertiary/aromatic N) is 2. The van der Waals surface area contributed by atoms with E-state index in [1.165, 1.54) is 6.07 Å². The summed E-state index contributed by atoms with van der Waals surface area (Å²) in [6.45, 7) is 0. The second-order valence-electron chi connectivity index (χ2n) is 5.61. The van der Waals surface area contributed by atoms with Gasteiger partial charge >= 0.3 is 0 Å². The normalized spacial score (nSPS) is 15.1. The summed E-state index contributed by atoms with van der Waals surface area (Å²) in [6.07, 6.45) is 0. The fourth-order valence-electron chi connectivity index (χ4n) is 2.73. The van der Waals surface area contributed by atoms with Gasteiger partial charge in [0.05, 0.1) is 22.9 Å². The number of carbonyl (C=O) groups excluding carboxylic acids is 1. The molecule has 1 N–H and O–H groups in total. The van der Waals surface area contributed by atoms with Crippen molar-refractivity contribution in [2.24, 2.45) is 0 Å². The van der Waals surface area contributed by atoms with Crippen molar-refractivity contribution in [3.8, 4) is 5.69 Å². The molecule has 0 saturated carbocycles. The number of amides is 1. The molecule has 3 heterocycles. The highest BCUT2D eigenvalue weighted by atomic mass is 79.9. The lowest BCUT2D eigenvalue weighted by Gasteiger charge is -2.10. The van der Waals surface area contributed by atoms with Gasteiger partial charge in [-0.25, -0.2) is 13.1 Å². The first-order valence-corrected chi connectivity index (χ1v) is 9.98. The average Bonchev–Trinajstić information content (AvgIpc) is 3.22. The van der Waals surface area contributed by atoms with E-state index >= 15 is 0 Å². The van der Waals surface area contributed by atoms with Crippen LogP contribution in [0.4, 0.5) is 5.82 Å². The fourth-order valence-corrected chi connectivity index (χ4v) is 4.53. The van der Waals surface area contributed by atoms with Crippen LogP contribution in [-0.4, -0.2) is 24.1 Å². The van der Waals surface area contributed by atoms with Crippen molar-refractivity contribution in [2.75, 3.05) is 5.32 Å². The van der Waals surface area contributed by atoms with Gasteiger partial charge in [0.15, 0.2) is 20.3 Å². The number of furan rings is 1. The van der Waals surface area contributed by atoms with Crippen molar-refractivity contribution in [3.63, 3.8) is 0 Å². The maximum Gasteiger partial charge on any atom is 0.292 e. The summed E-state index contributed by atoms with van der Waals surface area (Å²) >= 11 is 3.15. The first-order chi connectivity index (χ1) is 11.9. The molecule has 1 aliphatic rings. The number of sulfone groups is 1. The van der Waals surface area contributed by atoms with Crippen LogP contribution in [-0.2, 0) is 21.3 Å². The molecule has 2 aromatic heterocycles. The fraction of sp³-hybridized carbons (Fsp3) is 0.125. The summed E-state index contributed by atoms with van der Waals surface area (Å²) < 4.78 is 31.1. The van der Waals surface area contributed by atoms with E-state index in [0.29, 0.717) is 21.7 Å². The van der Waals surface area contributed by atoms with Crippen LogP contribution in [0.15, 0.2) is 51.6 Å². The molecular formula is C16H12BrN3O4S. The van der Waals surface area contributed by atoms with Crippen molar-refractivity contribution in [1.82, 2.24) is 9.78 Å². The van der Waals surface area contributed by atoms with Gasteiger partial charge in [-0.2, -0.15) is 5.10 Å². The number of nitrogens with one attached hydrogen (secondary N) is 1. The predicted molar refractivity (Wildman–Crippen MR) is 94.3 cm³/mol. The van der Waals surface area contributed by atoms with E-state index in [0.717, 1.165) is 5.69 Å². The minimum absolute atomic E-state index is 0.113. The molecule has 1 amide bonds. The minimum atomic E-state index is -3.24. The average molecular weight is 422 g/mol. The Morgan fingerprint density at radius 3 is 2.60 bits per heavy atom. The lowest BCUT2D eigenvalue weighted by atomic mass is 10.2. The van der Waals surface area contributed by atoms with Crippen LogP contribution in [0.2, 0.25) is 0 Å². The van der Waals surface area contributed by atoms with E-state index in [1.807, 2.05) is 30.3 Å². The molecule has 1 aromatic carbocycles. The number of aromatic nitrogens is 2. The van der Waals surface area contributed by atoms with Crippen molar-refractivity contribution < 1.29 is 17.6 Å². The third-order valence-corrected chi connectivity index (χ3v) is 5.69. The van der Waals surface area contributed by atoms with Crippen LogP contribution >= 0.6 is 15.9 Å². The third kappa shape index (κ3) is 3.00. The van der Waals surface area contributed by atoms with Gasteiger partial charge in [0.2, 0.25) is 0 Å². The molecule has 0 saturated heterocycles. The van der Waals surface area contributed by atoms with E-state index in [1.54, 1.807) is 10.7 Å². The van der Waals surface area contributed by atoms with Crippen LogP contribution in [0.3, 0.4) is 0 Å². The van der Waals surface area contributed by atoms with Gasteiger partial charge in [-0.1, -0.05) is 18.2 Å².